The molecule has 0 N–H and O–H groups in total. The van der Waals surface area contributed by atoms with Gasteiger partial charge in [-0.05, 0) is 44.7 Å². The zero-order chi connectivity index (χ0) is 20.8. The molecule has 29 heavy (non-hydrogen) atoms. The number of para-hydroxylation sites is 1. The number of hydrogen-bond acceptors (Lipinski definition) is 3. The Morgan fingerprint density at radius 2 is 1.66 bits per heavy atom. The molecule has 0 saturated carbocycles. The SMILES string of the molecule is CCCc1nn(C(C)C)c(=O)c(CCc2ccccc2)c1-c1ccccc1OC. The van der Waals surface area contributed by atoms with Crippen molar-refractivity contribution in [1.82, 2.24) is 9.78 Å². The summed E-state index contributed by atoms with van der Waals surface area (Å²) in [6, 6.07) is 18.2. The quantitative estimate of drug-likeness (QED) is 0.528. The van der Waals surface area contributed by atoms with Gasteiger partial charge in [-0.3, -0.25) is 4.79 Å². The molecule has 0 bridgehead atoms. The van der Waals surface area contributed by atoms with E-state index in [4.69, 9.17) is 9.84 Å². The highest BCUT2D eigenvalue weighted by atomic mass is 16.5. The predicted molar refractivity (Wildman–Crippen MR) is 119 cm³/mol. The van der Waals surface area contributed by atoms with E-state index >= 15 is 0 Å². The molecule has 0 atom stereocenters. The minimum atomic E-state index is -0.00306. The number of methoxy groups -OCH3 is 1. The van der Waals surface area contributed by atoms with Crippen molar-refractivity contribution in [2.24, 2.45) is 0 Å². The maximum atomic E-state index is 13.4. The first kappa shape index (κ1) is 20.8. The molecule has 3 aromatic rings. The number of benzene rings is 2. The molecule has 0 amide bonds. The molecule has 152 valence electrons. The Morgan fingerprint density at radius 3 is 2.31 bits per heavy atom. The molecule has 0 fully saturated rings. The van der Waals surface area contributed by atoms with Crippen LogP contribution in [0.2, 0.25) is 0 Å². The van der Waals surface area contributed by atoms with Crippen molar-refractivity contribution in [3.05, 3.63) is 81.8 Å². The van der Waals surface area contributed by atoms with E-state index in [2.05, 4.69) is 19.1 Å². The smallest absolute Gasteiger partial charge is 0.270 e. The molecule has 0 aliphatic carbocycles. The molecular weight excluding hydrogens is 360 g/mol. The van der Waals surface area contributed by atoms with E-state index in [1.165, 1.54) is 5.56 Å². The van der Waals surface area contributed by atoms with Crippen LogP contribution in [0.1, 0.15) is 50.1 Å². The van der Waals surface area contributed by atoms with E-state index in [1.807, 2.05) is 56.3 Å². The molecule has 0 radical (unpaired) electrons. The second-order valence-corrected chi connectivity index (χ2v) is 7.58. The van der Waals surface area contributed by atoms with Crippen LogP contribution in [0, 0.1) is 0 Å². The summed E-state index contributed by atoms with van der Waals surface area (Å²) in [6.45, 7) is 6.16. The van der Waals surface area contributed by atoms with Crippen molar-refractivity contribution in [3.8, 4) is 16.9 Å². The third kappa shape index (κ3) is 4.58. The number of hydrogen-bond donors (Lipinski definition) is 0. The van der Waals surface area contributed by atoms with E-state index in [1.54, 1.807) is 11.8 Å². The van der Waals surface area contributed by atoms with Crippen molar-refractivity contribution in [1.29, 1.82) is 0 Å². The first-order valence-corrected chi connectivity index (χ1v) is 10.4. The second-order valence-electron chi connectivity index (χ2n) is 7.58. The zero-order valence-electron chi connectivity index (χ0n) is 17.8. The minimum absolute atomic E-state index is 0.00306. The van der Waals surface area contributed by atoms with E-state index < -0.39 is 0 Å². The average molecular weight is 391 g/mol. The number of ether oxygens (including phenoxy) is 1. The van der Waals surface area contributed by atoms with Gasteiger partial charge in [0.25, 0.3) is 5.56 Å². The van der Waals surface area contributed by atoms with E-state index in [0.717, 1.165) is 47.4 Å². The normalized spacial score (nSPS) is 11.1. The Balaban J connectivity index is 2.22. The topological polar surface area (TPSA) is 44.1 Å². The Kier molecular flexibility index (Phi) is 6.86. The van der Waals surface area contributed by atoms with Crippen LogP contribution in [0.3, 0.4) is 0 Å². The van der Waals surface area contributed by atoms with Crippen LogP contribution < -0.4 is 10.3 Å². The van der Waals surface area contributed by atoms with Crippen LogP contribution in [0.25, 0.3) is 11.1 Å². The molecule has 1 aromatic heterocycles. The first-order valence-electron chi connectivity index (χ1n) is 10.4. The number of nitrogens with zero attached hydrogens (tertiary/aromatic N) is 2. The van der Waals surface area contributed by atoms with Gasteiger partial charge in [-0.2, -0.15) is 5.10 Å². The number of rotatable bonds is 8. The van der Waals surface area contributed by atoms with Gasteiger partial charge in [-0.1, -0.05) is 61.9 Å². The van der Waals surface area contributed by atoms with E-state index in [-0.39, 0.29) is 11.6 Å². The Hall–Kier alpha value is -2.88. The van der Waals surface area contributed by atoms with Gasteiger partial charge in [-0.25, -0.2) is 4.68 Å². The average Bonchev–Trinajstić information content (AvgIpc) is 2.74. The van der Waals surface area contributed by atoms with Gasteiger partial charge < -0.3 is 4.74 Å². The standard InChI is InChI=1S/C25H30N2O2/c1-5-11-22-24(20-14-9-10-15-23(20)29-4)21(25(28)27(26-22)18(2)3)17-16-19-12-7-6-8-13-19/h6-10,12-15,18H,5,11,16-17H2,1-4H3. The summed E-state index contributed by atoms with van der Waals surface area (Å²) in [5.74, 6) is 0.773. The summed E-state index contributed by atoms with van der Waals surface area (Å²) in [6.07, 6.45) is 3.26. The molecule has 3 rings (SSSR count). The summed E-state index contributed by atoms with van der Waals surface area (Å²) >= 11 is 0. The third-order valence-electron chi connectivity index (χ3n) is 5.14. The van der Waals surface area contributed by atoms with Gasteiger partial charge in [0.15, 0.2) is 0 Å². The lowest BCUT2D eigenvalue weighted by molar-refractivity contribution is 0.416. The molecule has 0 aliphatic heterocycles. The summed E-state index contributed by atoms with van der Waals surface area (Å²) < 4.78 is 7.27. The molecular formula is C25H30N2O2. The van der Waals surface area contributed by atoms with Crippen molar-refractivity contribution in [2.45, 2.75) is 52.5 Å². The first-order chi connectivity index (χ1) is 14.1. The Morgan fingerprint density at radius 1 is 0.966 bits per heavy atom. The van der Waals surface area contributed by atoms with E-state index in [9.17, 15) is 4.79 Å². The van der Waals surface area contributed by atoms with Crippen LogP contribution >= 0.6 is 0 Å². The Labute approximate surface area is 173 Å². The molecule has 0 aliphatic rings. The highest BCUT2D eigenvalue weighted by Gasteiger charge is 2.21. The lowest BCUT2D eigenvalue weighted by Crippen LogP contribution is -2.30. The van der Waals surface area contributed by atoms with Crippen molar-refractivity contribution in [3.63, 3.8) is 0 Å². The highest BCUT2D eigenvalue weighted by Crippen LogP contribution is 2.34. The summed E-state index contributed by atoms with van der Waals surface area (Å²) in [5, 5.41) is 4.78. The number of aryl methyl sites for hydroxylation is 2. The van der Waals surface area contributed by atoms with Crippen LogP contribution in [0.5, 0.6) is 5.75 Å². The Bertz CT molecular complexity index is 1010. The van der Waals surface area contributed by atoms with Crippen molar-refractivity contribution >= 4 is 0 Å². The van der Waals surface area contributed by atoms with Gasteiger partial charge in [-0.15, -0.1) is 0 Å². The molecule has 1 heterocycles. The van der Waals surface area contributed by atoms with Gasteiger partial charge in [0.05, 0.1) is 18.8 Å². The van der Waals surface area contributed by atoms with Crippen LogP contribution in [-0.2, 0) is 19.3 Å². The maximum absolute atomic E-state index is 13.4. The number of aromatic nitrogens is 2. The van der Waals surface area contributed by atoms with Gasteiger partial charge >= 0.3 is 0 Å². The third-order valence-corrected chi connectivity index (χ3v) is 5.14. The molecule has 0 saturated heterocycles. The summed E-state index contributed by atoms with van der Waals surface area (Å²) in [5.41, 5.74) is 4.91. The zero-order valence-corrected chi connectivity index (χ0v) is 17.8. The monoisotopic (exact) mass is 390 g/mol. The maximum Gasteiger partial charge on any atom is 0.270 e. The van der Waals surface area contributed by atoms with Gasteiger partial charge in [0.2, 0.25) is 0 Å². The molecule has 0 spiro atoms. The van der Waals surface area contributed by atoms with Crippen molar-refractivity contribution < 1.29 is 4.74 Å². The lowest BCUT2D eigenvalue weighted by atomic mass is 9.93. The fraction of sp³-hybridized carbons (Fsp3) is 0.360. The largest absolute Gasteiger partial charge is 0.496 e. The van der Waals surface area contributed by atoms with Crippen LogP contribution in [0.15, 0.2) is 59.4 Å². The summed E-state index contributed by atoms with van der Waals surface area (Å²) in [7, 11) is 1.67. The molecule has 2 aromatic carbocycles. The highest BCUT2D eigenvalue weighted by molar-refractivity contribution is 5.75. The van der Waals surface area contributed by atoms with Crippen LogP contribution in [-0.4, -0.2) is 16.9 Å². The van der Waals surface area contributed by atoms with Crippen LogP contribution in [0.4, 0.5) is 0 Å². The fourth-order valence-electron chi connectivity index (χ4n) is 3.72. The molecule has 0 unspecified atom stereocenters. The predicted octanol–water partition coefficient (Wildman–Crippen LogP) is 5.24. The lowest BCUT2D eigenvalue weighted by Gasteiger charge is -2.20. The van der Waals surface area contributed by atoms with Gasteiger partial charge in [0, 0.05) is 16.7 Å². The van der Waals surface area contributed by atoms with Crippen molar-refractivity contribution in [2.75, 3.05) is 7.11 Å². The summed E-state index contributed by atoms with van der Waals surface area (Å²) in [4.78, 5) is 13.4. The molecule has 4 heteroatoms. The van der Waals surface area contributed by atoms with Gasteiger partial charge in [0.1, 0.15) is 5.75 Å². The molecule has 4 nitrogen and oxygen atoms in total. The second kappa shape index (κ2) is 9.55. The van der Waals surface area contributed by atoms with E-state index in [0.29, 0.717) is 6.42 Å². The fourth-order valence-corrected chi connectivity index (χ4v) is 3.72. The minimum Gasteiger partial charge on any atom is -0.496 e.